The number of hydrogen-bond acceptors (Lipinski definition) is 1. The van der Waals surface area contributed by atoms with Gasteiger partial charge in [-0.05, 0) is 61.5 Å². The van der Waals surface area contributed by atoms with Gasteiger partial charge in [-0.25, -0.2) is 9.69 Å². The van der Waals surface area contributed by atoms with Crippen LogP contribution in [0.4, 0.5) is 11.4 Å². The highest BCUT2D eigenvalue weighted by Crippen LogP contribution is 2.41. The lowest BCUT2D eigenvalue weighted by Crippen LogP contribution is -2.75. The third-order valence-corrected chi connectivity index (χ3v) is 14.5. The second kappa shape index (κ2) is 12.6. The number of hydrogen-bond donors (Lipinski definition) is 0. The van der Waals surface area contributed by atoms with Gasteiger partial charge in [0.15, 0.2) is 13.8 Å². The molecule has 5 heteroatoms. The Morgan fingerprint density at radius 1 is 0.520 bits per heavy atom. The molecule has 0 spiro atoms. The monoisotopic (exact) mass is 652 g/mol. The van der Waals surface area contributed by atoms with Gasteiger partial charge in [0.1, 0.15) is 0 Å². The second-order valence-corrected chi connectivity index (χ2v) is 15.9. The summed E-state index contributed by atoms with van der Waals surface area (Å²) in [6.07, 6.45) is 0. The van der Waals surface area contributed by atoms with Gasteiger partial charge in [-0.15, -0.1) is 0 Å². The SMILES string of the molecule is [C-]#[N+]c1ccc2c(c1)c1ccccc1n2-c1ccccc1-c1ccc([Si](c2ccccc2)(c2ccccc2)c2ccccc2)c(C#N)c1[N+]#[C-]. The highest BCUT2D eigenvalue weighted by molar-refractivity contribution is 7.20. The summed E-state index contributed by atoms with van der Waals surface area (Å²) >= 11 is 0. The maximum absolute atomic E-state index is 11.1. The van der Waals surface area contributed by atoms with Gasteiger partial charge >= 0.3 is 0 Å². The van der Waals surface area contributed by atoms with Crippen LogP contribution < -0.4 is 20.7 Å². The maximum atomic E-state index is 11.1. The van der Waals surface area contributed by atoms with Crippen molar-refractivity contribution in [1.82, 2.24) is 4.57 Å². The lowest BCUT2D eigenvalue weighted by molar-refractivity contribution is 1.18. The standard InChI is InChI=1S/C45H28N4Si/c1-47-32-26-28-43-39(30-32)37-23-13-15-25-42(37)49(43)41-24-14-12-22-36(41)38-27-29-44(40(31-46)45(38)48-2)50(33-16-6-3-7-17-33,34-18-8-4-9-19-34)35-20-10-5-11-21-35/h3-30H. The Hall–Kier alpha value is -6.97. The molecule has 0 amide bonds. The van der Waals surface area contributed by atoms with Gasteiger partial charge in [0.2, 0.25) is 5.69 Å². The number of benzene rings is 7. The van der Waals surface area contributed by atoms with Crippen molar-refractivity contribution in [2.24, 2.45) is 0 Å². The Labute approximate surface area is 292 Å². The van der Waals surface area contributed by atoms with E-state index in [1.165, 1.54) is 0 Å². The van der Waals surface area contributed by atoms with E-state index in [0.29, 0.717) is 22.5 Å². The van der Waals surface area contributed by atoms with E-state index in [1.807, 2.05) is 72.8 Å². The van der Waals surface area contributed by atoms with Crippen molar-refractivity contribution in [2.75, 3.05) is 0 Å². The van der Waals surface area contributed by atoms with Crippen LogP contribution in [-0.2, 0) is 0 Å². The molecule has 50 heavy (non-hydrogen) atoms. The van der Waals surface area contributed by atoms with Crippen molar-refractivity contribution in [3.63, 3.8) is 0 Å². The van der Waals surface area contributed by atoms with Gasteiger partial charge in [-0.1, -0.05) is 146 Å². The first-order chi connectivity index (χ1) is 24.7. The summed E-state index contributed by atoms with van der Waals surface area (Å²) in [5.74, 6) is 0. The van der Waals surface area contributed by atoms with Crippen LogP contribution in [0.15, 0.2) is 170 Å². The predicted molar refractivity (Wildman–Crippen MR) is 207 cm³/mol. The molecule has 7 aromatic carbocycles. The fraction of sp³-hybridized carbons (Fsp3) is 0. The molecule has 0 radical (unpaired) electrons. The van der Waals surface area contributed by atoms with E-state index < -0.39 is 8.07 Å². The number of fused-ring (bicyclic) bond motifs is 3. The third-order valence-electron chi connectivity index (χ3n) is 9.65. The number of rotatable bonds is 6. The van der Waals surface area contributed by atoms with Gasteiger partial charge in [-0.2, -0.15) is 5.26 Å². The van der Waals surface area contributed by atoms with E-state index in [9.17, 15) is 5.26 Å². The maximum Gasteiger partial charge on any atom is 0.212 e. The molecule has 0 fully saturated rings. The Morgan fingerprint density at radius 2 is 1.08 bits per heavy atom. The number of nitriles is 1. The third kappa shape index (κ3) is 4.64. The average molecular weight is 653 g/mol. The highest BCUT2D eigenvalue weighted by atomic mass is 28.3. The fourth-order valence-corrected chi connectivity index (χ4v) is 12.5. The van der Waals surface area contributed by atoms with Crippen LogP contribution in [0.5, 0.6) is 0 Å². The molecule has 0 aliphatic carbocycles. The number of aromatic nitrogens is 1. The van der Waals surface area contributed by atoms with E-state index in [1.54, 1.807) is 0 Å². The molecule has 0 unspecified atom stereocenters. The summed E-state index contributed by atoms with van der Waals surface area (Å²) in [7, 11) is -3.08. The molecule has 4 nitrogen and oxygen atoms in total. The van der Waals surface area contributed by atoms with Crippen LogP contribution in [0, 0.1) is 24.5 Å². The first-order valence-corrected chi connectivity index (χ1v) is 18.3. The topological polar surface area (TPSA) is 37.4 Å². The van der Waals surface area contributed by atoms with Crippen molar-refractivity contribution >= 4 is 62.0 Å². The Kier molecular flexibility index (Phi) is 7.63. The normalized spacial score (nSPS) is 11.1. The van der Waals surface area contributed by atoms with Crippen LogP contribution in [0.3, 0.4) is 0 Å². The van der Waals surface area contributed by atoms with Crippen LogP contribution in [0.25, 0.3) is 48.3 Å². The van der Waals surface area contributed by atoms with E-state index in [-0.39, 0.29) is 0 Å². The molecule has 1 aromatic heterocycles. The van der Waals surface area contributed by atoms with Crippen molar-refractivity contribution in [2.45, 2.75) is 0 Å². The Balaban J connectivity index is 1.45. The summed E-state index contributed by atoms with van der Waals surface area (Å²) in [6, 6.07) is 60.1. The van der Waals surface area contributed by atoms with Crippen LogP contribution in [0.1, 0.15) is 5.56 Å². The average Bonchev–Trinajstić information content (AvgIpc) is 3.52. The summed E-state index contributed by atoms with van der Waals surface area (Å²) < 4.78 is 2.21. The van der Waals surface area contributed by atoms with Crippen LogP contribution >= 0.6 is 0 Å². The molecular weight excluding hydrogens is 625 g/mol. The molecule has 232 valence electrons. The van der Waals surface area contributed by atoms with Crippen molar-refractivity contribution in [1.29, 1.82) is 5.26 Å². The summed E-state index contributed by atoms with van der Waals surface area (Å²) in [5.41, 5.74) is 5.75. The minimum Gasteiger partial charge on any atom is -0.309 e. The number of para-hydroxylation sites is 2. The molecule has 8 aromatic rings. The minimum atomic E-state index is -3.08. The van der Waals surface area contributed by atoms with E-state index in [2.05, 4.69) is 117 Å². The summed E-state index contributed by atoms with van der Waals surface area (Å²) in [5, 5.41) is 17.4. The van der Waals surface area contributed by atoms with Gasteiger partial charge in [0.05, 0.1) is 41.5 Å². The van der Waals surface area contributed by atoms with Crippen LogP contribution in [-0.4, -0.2) is 12.6 Å². The van der Waals surface area contributed by atoms with E-state index in [4.69, 9.17) is 13.1 Å². The zero-order valence-electron chi connectivity index (χ0n) is 27.0. The molecule has 0 aliphatic rings. The van der Waals surface area contributed by atoms with Crippen molar-refractivity contribution < 1.29 is 0 Å². The van der Waals surface area contributed by atoms with Crippen molar-refractivity contribution in [3.05, 3.63) is 198 Å². The van der Waals surface area contributed by atoms with Gasteiger partial charge in [-0.3, -0.25) is 0 Å². The Bertz CT molecular complexity index is 2580. The van der Waals surface area contributed by atoms with Crippen molar-refractivity contribution in [3.8, 4) is 22.9 Å². The molecular formula is C45H28N4Si. The second-order valence-electron chi connectivity index (χ2n) is 12.1. The molecule has 0 N–H and O–H groups in total. The van der Waals surface area contributed by atoms with Gasteiger partial charge < -0.3 is 4.57 Å². The fourth-order valence-electron chi connectivity index (χ4n) is 7.57. The molecule has 8 rings (SSSR count). The zero-order chi connectivity index (χ0) is 34.1. The lowest BCUT2D eigenvalue weighted by atomic mass is 9.98. The Morgan fingerprint density at radius 3 is 1.68 bits per heavy atom. The summed E-state index contributed by atoms with van der Waals surface area (Å²) in [6.45, 7) is 16.2. The zero-order valence-corrected chi connectivity index (χ0v) is 28.0. The smallest absolute Gasteiger partial charge is 0.212 e. The molecule has 0 bridgehead atoms. The highest BCUT2D eigenvalue weighted by Gasteiger charge is 2.43. The quantitative estimate of drug-likeness (QED) is 0.101. The first kappa shape index (κ1) is 30.4. The molecule has 0 saturated heterocycles. The first-order valence-electron chi connectivity index (χ1n) is 16.3. The van der Waals surface area contributed by atoms with Gasteiger partial charge in [0, 0.05) is 5.39 Å². The van der Waals surface area contributed by atoms with E-state index >= 15 is 0 Å². The lowest BCUT2D eigenvalue weighted by Gasteiger charge is -2.35. The molecule has 0 atom stereocenters. The van der Waals surface area contributed by atoms with E-state index in [0.717, 1.165) is 53.8 Å². The number of nitrogens with zero attached hydrogens (tertiary/aromatic N) is 4. The predicted octanol–water partition coefficient (Wildman–Crippen LogP) is 8.80. The molecule has 0 aliphatic heterocycles. The molecule has 0 saturated carbocycles. The largest absolute Gasteiger partial charge is 0.309 e. The molecule has 1 heterocycles. The minimum absolute atomic E-state index is 0.341. The van der Waals surface area contributed by atoms with Gasteiger partial charge in [0.25, 0.3) is 0 Å². The summed E-state index contributed by atoms with van der Waals surface area (Å²) in [4.78, 5) is 7.84. The van der Waals surface area contributed by atoms with Crippen LogP contribution in [0.2, 0.25) is 0 Å².